The van der Waals surface area contributed by atoms with Crippen LogP contribution in [-0.4, -0.2) is 56.4 Å². The fourth-order valence-electron chi connectivity index (χ4n) is 7.47. The molecule has 0 bridgehead atoms. The average molecular weight is 907 g/mol. The molecule has 2 aromatic heterocycles. The largest absolute Gasteiger partial charge is 0.493 e. The molecule has 2 atom stereocenters. The van der Waals surface area contributed by atoms with Crippen LogP contribution in [0.4, 0.5) is 17.6 Å². The van der Waals surface area contributed by atoms with Crippen LogP contribution < -0.4 is 20.7 Å². The smallest absolute Gasteiger partial charge is 0.344 e. The van der Waals surface area contributed by atoms with Crippen molar-refractivity contribution >= 4 is 39.1 Å². The van der Waals surface area contributed by atoms with Gasteiger partial charge in [-0.15, -0.1) is 0 Å². The summed E-state index contributed by atoms with van der Waals surface area (Å²) in [6.07, 6.45) is -1.01. The number of fused-ring (bicyclic) bond motifs is 2. The molecular formula is C48H54F4O9Si2. The first-order valence-corrected chi connectivity index (χ1v) is 26.2. The summed E-state index contributed by atoms with van der Waals surface area (Å²) in [7, 11) is -3.00. The first kappa shape index (κ1) is 47.4. The van der Waals surface area contributed by atoms with Crippen LogP contribution in [0.25, 0.3) is 44.2 Å². The van der Waals surface area contributed by atoms with E-state index in [0.29, 0.717) is 44.6 Å². The van der Waals surface area contributed by atoms with E-state index in [1.807, 2.05) is 60.7 Å². The van der Waals surface area contributed by atoms with E-state index < -0.39 is 40.2 Å². The third-order valence-electron chi connectivity index (χ3n) is 11.1. The number of benzene rings is 4. The van der Waals surface area contributed by atoms with Gasteiger partial charge in [0.05, 0.1) is 24.3 Å². The highest BCUT2D eigenvalue weighted by Crippen LogP contribution is 2.34. The molecular weight excluding hydrogens is 853 g/mol. The molecule has 63 heavy (non-hydrogen) atoms. The molecule has 0 saturated heterocycles. The Kier molecular flexibility index (Phi) is 15.9. The predicted octanol–water partition coefficient (Wildman–Crippen LogP) is 12.5. The van der Waals surface area contributed by atoms with Gasteiger partial charge in [0.15, 0.2) is 0 Å². The van der Waals surface area contributed by atoms with Gasteiger partial charge < -0.3 is 31.3 Å². The molecule has 0 aliphatic rings. The van der Waals surface area contributed by atoms with Crippen molar-refractivity contribution in [1.82, 2.24) is 0 Å². The zero-order valence-corrected chi connectivity index (χ0v) is 38.1. The minimum atomic E-state index is -2.99. The van der Waals surface area contributed by atoms with Gasteiger partial charge in [0.1, 0.15) is 22.7 Å². The Balaban J connectivity index is 0.889. The lowest BCUT2D eigenvalue weighted by Gasteiger charge is -2.36. The second-order valence-corrected chi connectivity index (χ2v) is 23.3. The van der Waals surface area contributed by atoms with Gasteiger partial charge in [-0.3, -0.25) is 0 Å². The van der Waals surface area contributed by atoms with Crippen molar-refractivity contribution in [2.75, 3.05) is 27.4 Å². The average Bonchev–Trinajstić information content (AvgIpc) is 3.26. The quantitative estimate of drug-likeness (QED) is 0.0254. The summed E-state index contributed by atoms with van der Waals surface area (Å²) in [4.78, 5) is 25.2. The van der Waals surface area contributed by atoms with Gasteiger partial charge in [-0.05, 0) is 98.4 Å². The van der Waals surface area contributed by atoms with E-state index >= 15 is 0 Å². The Labute approximate surface area is 366 Å². The van der Waals surface area contributed by atoms with Crippen LogP contribution in [0.1, 0.15) is 51.4 Å². The van der Waals surface area contributed by atoms with E-state index in [4.69, 9.17) is 31.3 Å². The molecule has 9 nitrogen and oxygen atoms in total. The Hall–Kier alpha value is -5.07. The predicted molar refractivity (Wildman–Crippen MR) is 242 cm³/mol. The number of hydrogen-bond acceptors (Lipinski definition) is 9. The van der Waals surface area contributed by atoms with Gasteiger partial charge in [-0.1, -0.05) is 60.7 Å². The van der Waals surface area contributed by atoms with Crippen LogP contribution in [0.5, 0.6) is 11.5 Å². The lowest BCUT2D eigenvalue weighted by molar-refractivity contribution is -0.0218. The van der Waals surface area contributed by atoms with Crippen molar-refractivity contribution in [2.24, 2.45) is 0 Å². The fraction of sp³-hybridized carbons (Fsp3) is 0.375. The number of rotatable bonds is 24. The van der Waals surface area contributed by atoms with Crippen LogP contribution in [0, 0.1) is 0 Å². The second-order valence-electron chi connectivity index (χ2n) is 16.1. The third kappa shape index (κ3) is 13.5. The van der Waals surface area contributed by atoms with Gasteiger partial charge in [0.25, 0.3) is 0 Å². The molecule has 0 spiro atoms. The molecule has 0 saturated carbocycles. The summed E-state index contributed by atoms with van der Waals surface area (Å²) in [5, 5.41) is 1.42. The van der Waals surface area contributed by atoms with Crippen molar-refractivity contribution < 1.29 is 48.8 Å². The minimum absolute atomic E-state index is 0.0513. The molecule has 0 aliphatic carbocycles. The topological polar surface area (TPSA) is 107 Å². The number of alkyl halides is 4. The van der Waals surface area contributed by atoms with Crippen molar-refractivity contribution in [3.05, 3.63) is 130 Å². The van der Waals surface area contributed by atoms with Crippen molar-refractivity contribution in [2.45, 2.75) is 88.4 Å². The highest BCUT2D eigenvalue weighted by Gasteiger charge is 2.43. The van der Waals surface area contributed by atoms with Gasteiger partial charge >= 0.3 is 28.4 Å². The molecule has 2 heterocycles. The van der Waals surface area contributed by atoms with Crippen molar-refractivity contribution in [3.8, 4) is 33.8 Å². The Morgan fingerprint density at radius 3 is 1.29 bits per heavy atom. The number of ether oxygens (including phenoxy) is 2. The summed E-state index contributed by atoms with van der Waals surface area (Å²) in [5.41, 5.74) is 2.10. The molecule has 6 aromatic rings. The number of hydrogen-bond donors (Lipinski definition) is 0. The second kappa shape index (κ2) is 21.1. The monoisotopic (exact) mass is 906 g/mol. The maximum Gasteiger partial charge on any atom is 0.344 e. The van der Waals surface area contributed by atoms with Crippen LogP contribution >= 0.6 is 0 Å². The zero-order chi connectivity index (χ0) is 45.1. The third-order valence-corrected chi connectivity index (χ3v) is 18.8. The van der Waals surface area contributed by atoms with Crippen molar-refractivity contribution in [3.63, 3.8) is 0 Å². The highest BCUT2D eigenvalue weighted by atomic mass is 28.5. The van der Waals surface area contributed by atoms with Gasteiger partial charge in [0.2, 0.25) is 11.8 Å². The zero-order valence-electron chi connectivity index (χ0n) is 36.1. The van der Waals surface area contributed by atoms with E-state index in [0.717, 1.165) is 11.1 Å². The van der Waals surface area contributed by atoms with E-state index in [1.165, 1.54) is 14.2 Å². The Morgan fingerprint density at radius 2 is 0.905 bits per heavy atom. The maximum atomic E-state index is 15.0. The molecule has 15 heteroatoms. The summed E-state index contributed by atoms with van der Waals surface area (Å²) in [6.45, 7) is 3.68. The summed E-state index contributed by atoms with van der Waals surface area (Å²) in [6, 6.07) is 32.6. The first-order valence-electron chi connectivity index (χ1n) is 21.2. The molecule has 4 aromatic carbocycles. The fourth-order valence-corrected chi connectivity index (χ4v) is 14.7. The lowest BCUT2D eigenvalue weighted by Crippen LogP contribution is -2.51. The van der Waals surface area contributed by atoms with Gasteiger partial charge in [-0.2, -0.15) is 0 Å². The highest BCUT2D eigenvalue weighted by molar-refractivity contribution is 6.80. The SMILES string of the molecule is CO[Si](C)(CCCC(F)(F)CCCOc1ccc2cc(-c3ccccc3)c(=O)oc2c1)O[Si](C)(CCCC(F)(F)CCCOc1ccc2cc(-c3ccccc3)c(=O)oc2c1)OC. The van der Waals surface area contributed by atoms with Gasteiger partial charge in [0, 0.05) is 62.8 Å². The summed E-state index contributed by atoms with van der Waals surface area (Å²) < 4.78 is 100. The Bertz CT molecular complexity index is 2360. The molecule has 0 fully saturated rings. The van der Waals surface area contributed by atoms with E-state index in [-0.39, 0.29) is 76.7 Å². The molecule has 2 unspecified atom stereocenters. The van der Waals surface area contributed by atoms with E-state index in [1.54, 1.807) is 61.6 Å². The molecule has 0 radical (unpaired) electrons. The van der Waals surface area contributed by atoms with Gasteiger partial charge in [-0.25, -0.2) is 27.2 Å². The van der Waals surface area contributed by atoms with E-state index in [2.05, 4.69) is 0 Å². The molecule has 6 rings (SSSR count). The van der Waals surface area contributed by atoms with Crippen LogP contribution in [0.3, 0.4) is 0 Å². The van der Waals surface area contributed by atoms with Crippen molar-refractivity contribution in [1.29, 1.82) is 0 Å². The summed E-state index contributed by atoms with van der Waals surface area (Å²) in [5.74, 6) is -5.08. The maximum absolute atomic E-state index is 15.0. The Morgan fingerprint density at radius 1 is 0.524 bits per heavy atom. The molecule has 0 aliphatic heterocycles. The van der Waals surface area contributed by atoms with Crippen LogP contribution in [0.15, 0.2) is 128 Å². The number of halogens is 4. The normalized spacial score (nSPS) is 14.1. The molecule has 0 amide bonds. The minimum Gasteiger partial charge on any atom is -0.493 e. The van der Waals surface area contributed by atoms with Crippen LogP contribution in [0.2, 0.25) is 25.2 Å². The molecule has 336 valence electrons. The summed E-state index contributed by atoms with van der Waals surface area (Å²) >= 11 is 0. The molecule has 0 N–H and O–H groups in total. The lowest BCUT2D eigenvalue weighted by atomic mass is 10.1. The van der Waals surface area contributed by atoms with E-state index in [9.17, 15) is 27.2 Å². The standard InChI is InChI=1S/C48H54F4O9Si2/c1-55-62(3,29-13-25-47(49,50)23-11-27-57-39-21-19-37-31-41(35-15-7-5-8-16-35)45(53)59-43(37)33-39)61-63(4,56-2)30-14-26-48(51,52)24-12-28-58-40-22-20-38-32-42(36-17-9-6-10-18-36)46(54)60-44(38)34-40/h5-10,15-22,31-34H,11-14,23-30H2,1-4H3. The van der Waals surface area contributed by atoms with Crippen LogP contribution in [-0.2, 0) is 13.0 Å². The first-order chi connectivity index (χ1) is 30.1.